The van der Waals surface area contributed by atoms with Crippen LogP contribution in [0.4, 0.5) is 0 Å². The summed E-state index contributed by atoms with van der Waals surface area (Å²) < 4.78 is 16.7. The van der Waals surface area contributed by atoms with Crippen LogP contribution in [0.2, 0.25) is 18.1 Å². The molecule has 23 heavy (non-hydrogen) atoms. The second-order valence-corrected chi connectivity index (χ2v) is 10.6. The van der Waals surface area contributed by atoms with Gasteiger partial charge in [-0.2, -0.15) is 0 Å². The van der Waals surface area contributed by atoms with Gasteiger partial charge >= 0.3 is 0 Å². The first-order chi connectivity index (χ1) is 11.1. The van der Waals surface area contributed by atoms with Crippen LogP contribution in [-0.2, 0) is 4.79 Å². The van der Waals surface area contributed by atoms with Gasteiger partial charge < -0.3 is 19.5 Å². The molecule has 1 aromatic rings. The van der Waals surface area contributed by atoms with E-state index in [1.54, 1.807) is 21.3 Å². The van der Waals surface area contributed by atoms with Crippen LogP contribution in [0.15, 0.2) is 12.1 Å². The SMILES string of the molecule is CCC[Si]1(c2c(OC)cc(OC)cc2OC)CCNC(=O)CC1. The minimum atomic E-state index is -1.91. The third-order valence-electron chi connectivity index (χ3n) is 4.73. The van der Waals surface area contributed by atoms with Crippen LogP contribution in [0.5, 0.6) is 17.2 Å². The number of hydrogen-bond acceptors (Lipinski definition) is 4. The van der Waals surface area contributed by atoms with E-state index in [0.717, 1.165) is 48.3 Å². The van der Waals surface area contributed by atoms with Crippen LogP contribution in [0.1, 0.15) is 19.8 Å². The lowest BCUT2D eigenvalue weighted by molar-refractivity contribution is -0.120. The van der Waals surface area contributed by atoms with E-state index in [9.17, 15) is 4.79 Å². The molecule has 0 aromatic heterocycles. The zero-order chi connectivity index (χ0) is 16.9. The number of carbonyl (C=O) groups is 1. The van der Waals surface area contributed by atoms with E-state index in [0.29, 0.717) is 6.42 Å². The van der Waals surface area contributed by atoms with Crippen molar-refractivity contribution < 1.29 is 19.0 Å². The van der Waals surface area contributed by atoms with Crippen LogP contribution in [0.25, 0.3) is 0 Å². The van der Waals surface area contributed by atoms with E-state index < -0.39 is 8.07 Å². The maximum atomic E-state index is 11.8. The van der Waals surface area contributed by atoms with Crippen molar-refractivity contribution in [1.29, 1.82) is 0 Å². The van der Waals surface area contributed by atoms with Crippen molar-refractivity contribution in [1.82, 2.24) is 5.32 Å². The number of carbonyl (C=O) groups excluding carboxylic acids is 1. The van der Waals surface area contributed by atoms with Crippen molar-refractivity contribution in [2.24, 2.45) is 0 Å². The lowest BCUT2D eigenvalue weighted by Gasteiger charge is -2.33. The molecule has 0 spiro atoms. The largest absolute Gasteiger partial charge is 0.497 e. The van der Waals surface area contributed by atoms with Gasteiger partial charge in [0.25, 0.3) is 0 Å². The average molecular weight is 337 g/mol. The summed E-state index contributed by atoms with van der Waals surface area (Å²) in [6.45, 7) is 2.95. The van der Waals surface area contributed by atoms with Crippen molar-refractivity contribution >= 4 is 19.2 Å². The Morgan fingerprint density at radius 1 is 1.09 bits per heavy atom. The highest BCUT2D eigenvalue weighted by Gasteiger charge is 2.41. The Hall–Kier alpha value is -1.69. The molecule has 0 radical (unpaired) electrons. The van der Waals surface area contributed by atoms with Crippen LogP contribution < -0.4 is 24.7 Å². The third-order valence-corrected chi connectivity index (χ3v) is 10.2. The van der Waals surface area contributed by atoms with Gasteiger partial charge in [0.05, 0.1) is 29.4 Å². The molecule has 1 amide bonds. The third kappa shape index (κ3) is 3.63. The van der Waals surface area contributed by atoms with Gasteiger partial charge in [-0.15, -0.1) is 0 Å². The second kappa shape index (κ2) is 7.72. The van der Waals surface area contributed by atoms with Crippen molar-refractivity contribution in [3.63, 3.8) is 0 Å². The predicted octanol–water partition coefficient (Wildman–Crippen LogP) is 2.30. The van der Waals surface area contributed by atoms with Gasteiger partial charge in [0.1, 0.15) is 17.2 Å². The summed E-state index contributed by atoms with van der Waals surface area (Å²) in [7, 11) is 3.11. The van der Waals surface area contributed by atoms with Gasteiger partial charge in [0, 0.05) is 30.3 Å². The summed E-state index contributed by atoms with van der Waals surface area (Å²) in [6.07, 6.45) is 1.68. The number of methoxy groups -OCH3 is 3. The number of ether oxygens (including phenoxy) is 3. The van der Waals surface area contributed by atoms with E-state index >= 15 is 0 Å². The second-order valence-electron chi connectivity index (χ2n) is 6.04. The Bertz CT molecular complexity index is 539. The zero-order valence-electron chi connectivity index (χ0n) is 14.5. The summed E-state index contributed by atoms with van der Waals surface area (Å²) in [4.78, 5) is 11.8. The molecule has 6 heteroatoms. The van der Waals surface area contributed by atoms with E-state index in [4.69, 9.17) is 14.2 Å². The molecule has 0 bridgehead atoms. The van der Waals surface area contributed by atoms with Crippen molar-refractivity contribution in [3.8, 4) is 17.2 Å². The van der Waals surface area contributed by atoms with Gasteiger partial charge in [-0.05, 0) is 12.1 Å². The summed E-state index contributed by atoms with van der Waals surface area (Å²) >= 11 is 0. The topological polar surface area (TPSA) is 56.8 Å². The fourth-order valence-electron chi connectivity index (χ4n) is 3.64. The fourth-order valence-corrected chi connectivity index (χ4v) is 8.80. The lowest BCUT2D eigenvalue weighted by atomic mass is 10.3. The fraction of sp³-hybridized carbons (Fsp3) is 0.588. The number of hydrogen-bond donors (Lipinski definition) is 1. The normalized spacial score (nSPS) is 21.3. The molecule has 128 valence electrons. The molecule has 0 saturated carbocycles. The Morgan fingerprint density at radius 3 is 2.26 bits per heavy atom. The maximum Gasteiger partial charge on any atom is 0.219 e. The molecular formula is C17H27NO4Si. The highest BCUT2D eigenvalue weighted by Crippen LogP contribution is 2.35. The monoisotopic (exact) mass is 337 g/mol. The van der Waals surface area contributed by atoms with E-state index in [2.05, 4.69) is 12.2 Å². The predicted molar refractivity (Wildman–Crippen MR) is 93.8 cm³/mol. The number of nitrogens with one attached hydrogen (secondary N) is 1. The smallest absolute Gasteiger partial charge is 0.219 e. The van der Waals surface area contributed by atoms with Crippen LogP contribution in [0, 0.1) is 0 Å². The summed E-state index contributed by atoms with van der Waals surface area (Å²) in [6, 6.07) is 6.95. The molecule has 0 aliphatic carbocycles. The molecular weight excluding hydrogens is 310 g/mol. The number of amides is 1. The Morgan fingerprint density at radius 2 is 1.74 bits per heavy atom. The molecule has 1 atom stereocenters. The minimum absolute atomic E-state index is 0.155. The molecule has 2 rings (SSSR count). The van der Waals surface area contributed by atoms with Gasteiger partial charge in [-0.25, -0.2) is 0 Å². The maximum absolute atomic E-state index is 11.8. The highest BCUT2D eigenvalue weighted by molar-refractivity contribution is 6.93. The van der Waals surface area contributed by atoms with Gasteiger partial charge in [0.2, 0.25) is 5.91 Å². The average Bonchev–Trinajstić information content (AvgIpc) is 2.76. The molecule has 1 unspecified atom stereocenters. The Balaban J connectivity index is 2.59. The lowest BCUT2D eigenvalue weighted by Crippen LogP contribution is -2.49. The first-order valence-corrected chi connectivity index (χ1v) is 10.8. The first kappa shape index (κ1) is 17.7. The number of benzene rings is 1. The molecule has 1 aliphatic heterocycles. The molecule has 1 saturated heterocycles. The van der Waals surface area contributed by atoms with Gasteiger partial charge in [0.15, 0.2) is 0 Å². The van der Waals surface area contributed by atoms with E-state index in [1.807, 2.05) is 12.1 Å². The minimum Gasteiger partial charge on any atom is -0.497 e. The van der Waals surface area contributed by atoms with Crippen molar-refractivity contribution in [3.05, 3.63) is 12.1 Å². The summed E-state index contributed by atoms with van der Waals surface area (Å²) in [5.74, 6) is 2.54. The van der Waals surface area contributed by atoms with Crippen molar-refractivity contribution in [2.45, 2.75) is 37.9 Å². The number of rotatable bonds is 6. The molecule has 5 nitrogen and oxygen atoms in total. The van der Waals surface area contributed by atoms with E-state index in [-0.39, 0.29) is 5.91 Å². The summed E-state index contributed by atoms with van der Waals surface area (Å²) in [5.41, 5.74) is 0. The van der Waals surface area contributed by atoms with E-state index in [1.165, 1.54) is 5.19 Å². The van der Waals surface area contributed by atoms with Crippen LogP contribution >= 0.6 is 0 Å². The summed E-state index contributed by atoms with van der Waals surface area (Å²) in [5, 5.41) is 4.21. The molecule has 1 N–H and O–H groups in total. The van der Waals surface area contributed by atoms with Gasteiger partial charge in [-0.1, -0.05) is 19.4 Å². The first-order valence-electron chi connectivity index (χ1n) is 8.17. The Kier molecular flexibility index (Phi) is 5.93. The van der Waals surface area contributed by atoms with Gasteiger partial charge in [-0.3, -0.25) is 4.79 Å². The quantitative estimate of drug-likeness (QED) is 0.809. The Labute approximate surface area is 139 Å². The molecule has 1 fully saturated rings. The standard InChI is InChI=1S/C17H27NO4Si/c1-5-8-23(9-6-16(19)18-7-10-23)17-14(21-3)11-13(20-2)12-15(17)22-4/h11-12H,5-10H2,1-4H3,(H,18,19). The van der Waals surface area contributed by atoms with Crippen LogP contribution in [-0.4, -0.2) is 41.9 Å². The zero-order valence-corrected chi connectivity index (χ0v) is 15.5. The van der Waals surface area contributed by atoms with Crippen molar-refractivity contribution in [2.75, 3.05) is 27.9 Å². The molecule has 1 aromatic carbocycles. The van der Waals surface area contributed by atoms with Crippen LogP contribution in [0.3, 0.4) is 0 Å². The molecule has 1 heterocycles. The molecule has 1 aliphatic rings. The highest BCUT2D eigenvalue weighted by atomic mass is 28.3.